The van der Waals surface area contributed by atoms with Gasteiger partial charge in [0.15, 0.2) is 11.8 Å². The maximum absolute atomic E-state index is 4.56. The van der Waals surface area contributed by atoms with Crippen LogP contribution in [0.5, 0.6) is 0 Å². The molecule has 0 saturated carbocycles. The summed E-state index contributed by atoms with van der Waals surface area (Å²) in [5.74, 6) is 1.68. The summed E-state index contributed by atoms with van der Waals surface area (Å²) in [5, 5.41) is 7.89. The minimum Gasteiger partial charge on any atom is -0.352 e. The predicted octanol–water partition coefficient (Wildman–Crippen LogP) is 3.40. The maximum atomic E-state index is 4.56. The molecule has 0 amide bonds. The third-order valence-corrected chi connectivity index (χ3v) is 4.73. The number of aliphatic imine (C=N–C) groups is 1. The highest BCUT2D eigenvalue weighted by molar-refractivity contribution is 5.79. The van der Waals surface area contributed by atoms with Crippen molar-refractivity contribution in [3.05, 3.63) is 76.7 Å². The molecule has 6 heteroatoms. The van der Waals surface area contributed by atoms with Crippen LogP contribution in [-0.2, 0) is 13.1 Å². The van der Waals surface area contributed by atoms with Crippen LogP contribution in [0, 0.1) is 20.8 Å². The summed E-state index contributed by atoms with van der Waals surface area (Å²) >= 11 is 0. The summed E-state index contributed by atoms with van der Waals surface area (Å²) in [4.78, 5) is 11.1. The van der Waals surface area contributed by atoms with Crippen LogP contribution in [0.15, 0.2) is 53.7 Å². The van der Waals surface area contributed by atoms with Gasteiger partial charge < -0.3 is 10.2 Å². The Morgan fingerprint density at radius 2 is 1.93 bits per heavy atom. The van der Waals surface area contributed by atoms with Crippen LogP contribution < -0.4 is 5.32 Å². The van der Waals surface area contributed by atoms with Gasteiger partial charge in [-0.3, -0.25) is 4.99 Å². The summed E-state index contributed by atoms with van der Waals surface area (Å²) in [7, 11) is 3.85. The molecule has 0 aliphatic carbocycles. The van der Waals surface area contributed by atoms with Gasteiger partial charge in [-0.25, -0.2) is 9.67 Å². The summed E-state index contributed by atoms with van der Waals surface area (Å²) in [5.41, 5.74) is 5.74. The first-order valence-electron chi connectivity index (χ1n) is 9.43. The molecule has 0 radical (unpaired) electrons. The van der Waals surface area contributed by atoms with E-state index in [4.69, 9.17) is 0 Å². The zero-order valence-corrected chi connectivity index (χ0v) is 17.3. The van der Waals surface area contributed by atoms with E-state index in [1.165, 1.54) is 11.1 Å². The highest BCUT2D eigenvalue weighted by Gasteiger charge is 2.09. The smallest absolute Gasteiger partial charge is 0.193 e. The van der Waals surface area contributed by atoms with Crippen molar-refractivity contribution in [2.24, 2.45) is 4.99 Å². The zero-order chi connectivity index (χ0) is 20.1. The first-order valence-corrected chi connectivity index (χ1v) is 9.43. The molecule has 28 heavy (non-hydrogen) atoms. The highest BCUT2D eigenvalue weighted by Crippen LogP contribution is 2.11. The van der Waals surface area contributed by atoms with E-state index in [0.29, 0.717) is 6.54 Å². The fourth-order valence-corrected chi connectivity index (χ4v) is 3.19. The van der Waals surface area contributed by atoms with Crippen LogP contribution >= 0.6 is 0 Å². The standard InChI is InChI=1S/C22H28N6/c1-16-8-6-7-9-20(16)15-27(5)22(23-4)25-14-19-10-11-21(24-13-19)28-18(3)12-17(2)26-28/h6-13H,14-15H2,1-5H3,(H,23,25). The zero-order valence-electron chi connectivity index (χ0n) is 17.3. The van der Waals surface area contributed by atoms with E-state index < -0.39 is 0 Å². The first-order chi connectivity index (χ1) is 13.5. The number of hydrogen-bond acceptors (Lipinski definition) is 3. The summed E-state index contributed by atoms with van der Waals surface area (Å²) in [6, 6.07) is 14.5. The Labute approximate surface area is 166 Å². The van der Waals surface area contributed by atoms with Crippen molar-refractivity contribution in [1.82, 2.24) is 25.0 Å². The maximum Gasteiger partial charge on any atom is 0.193 e. The van der Waals surface area contributed by atoms with Crippen LogP contribution in [0.3, 0.4) is 0 Å². The quantitative estimate of drug-likeness (QED) is 0.548. The van der Waals surface area contributed by atoms with E-state index in [9.17, 15) is 0 Å². The molecule has 3 aromatic rings. The van der Waals surface area contributed by atoms with Gasteiger partial charge in [0.25, 0.3) is 0 Å². The Morgan fingerprint density at radius 1 is 1.14 bits per heavy atom. The monoisotopic (exact) mass is 376 g/mol. The van der Waals surface area contributed by atoms with Crippen LogP contribution in [0.25, 0.3) is 5.82 Å². The van der Waals surface area contributed by atoms with E-state index in [0.717, 1.165) is 35.3 Å². The van der Waals surface area contributed by atoms with Crippen molar-refractivity contribution in [1.29, 1.82) is 0 Å². The number of benzene rings is 1. The normalized spacial score (nSPS) is 11.5. The Hall–Kier alpha value is -3.15. The van der Waals surface area contributed by atoms with E-state index in [1.54, 1.807) is 7.05 Å². The van der Waals surface area contributed by atoms with Crippen molar-refractivity contribution in [3.8, 4) is 5.82 Å². The van der Waals surface area contributed by atoms with Gasteiger partial charge in [0, 0.05) is 39.1 Å². The lowest BCUT2D eigenvalue weighted by molar-refractivity contribution is 0.475. The van der Waals surface area contributed by atoms with E-state index in [-0.39, 0.29) is 0 Å². The van der Waals surface area contributed by atoms with Crippen molar-refractivity contribution in [2.75, 3.05) is 14.1 Å². The summed E-state index contributed by atoms with van der Waals surface area (Å²) < 4.78 is 1.86. The number of aryl methyl sites for hydroxylation is 3. The van der Waals surface area contributed by atoms with Crippen LogP contribution in [0.2, 0.25) is 0 Å². The molecule has 6 nitrogen and oxygen atoms in total. The van der Waals surface area contributed by atoms with Crippen LogP contribution in [0.4, 0.5) is 0 Å². The van der Waals surface area contributed by atoms with Crippen molar-refractivity contribution < 1.29 is 0 Å². The third-order valence-electron chi connectivity index (χ3n) is 4.73. The predicted molar refractivity (Wildman–Crippen MR) is 114 cm³/mol. The topological polar surface area (TPSA) is 58.3 Å². The average molecular weight is 377 g/mol. The van der Waals surface area contributed by atoms with Crippen LogP contribution in [0.1, 0.15) is 28.1 Å². The van der Waals surface area contributed by atoms with Gasteiger partial charge in [0.1, 0.15) is 0 Å². The molecule has 0 fully saturated rings. The lowest BCUT2D eigenvalue weighted by Crippen LogP contribution is -2.38. The first kappa shape index (κ1) is 19.6. The molecule has 2 aromatic heterocycles. The van der Waals surface area contributed by atoms with Crippen LogP contribution in [-0.4, -0.2) is 39.7 Å². The molecule has 2 heterocycles. The molecule has 3 rings (SSSR count). The number of pyridine rings is 1. The number of nitrogens with one attached hydrogen (secondary N) is 1. The third kappa shape index (κ3) is 4.57. The van der Waals surface area contributed by atoms with E-state index in [2.05, 4.69) is 62.5 Å². The molecule has 0 spiro atoms. The number of hydrogen-bond donors (Lipinski definition) is 1. The minimum atomic E-state index is 0.662. The van der Waals surface area contributed by atoms with Gasteiger partial charge in [0.2, 0.25) is 0 Å². The summed E-state index contributed by atoms with van der Waals surface area (Å²) in [6.45, 7) is 7.62. The van der Waals surface area contributed by atoms with E-state index >= 15 is 0 Å². The Bertz CT molecular complexity index is 955. The minimum absolute atomic E-state index is 0.662. The lowest BCUT2D eigenvalue weighted by Gasteiger charge is -2.23. The number of nitrogens with zero attached hydrogens (tertiary/aromatic N) is 5. The lowest BCUT2D eigenvalue weighted by atomic mass is 10.1. The van der Waals surface area contributed by atoms with Crippen molar-refractivity contribution in [2.45, 2.75) is 33.9 Å². The second-order valence-corrected chi connectivity index (χ2v) is 7.05. The second kappa shape index (κ2) is 8.69. The Morgan fingerprint density at radius 3 is 2.54 bits per heavy atom. The number of guanidine groups is 1. The summed E-state index contributed by atoms with van der Waals surface area (Å²) in [6.07, 6.45) is 1.88. The SMILES string of the molecule is CN=C(NCc1ccc(-n2nc(C)cc2C)nc1)N(C)Cc1ccccc1C. The van der Waals surface area contributed by atoms with Gasteiger partial charge >= 0.3 is 0 Å². The Kier molecular flexibility index (Phi) is 6.09. The van der Waals surface area contributed by atoms with Crippen molar-refractivity contribution >= 4 is 5.96 Å². The Balaban J connectivity index is 1.62. The molecule has 0 saturated heterocycles. The molecule has 1 aromatic carbocycles. The number of aromatic nitrogens is 3. The fraction of sp³-hybridized carbons (Fsp3) is 0.318. The van der Waals surface area contributed by atoms with Gasteiger partial charge in [-0.2, -0.15) is 5.10 Å². The highest BCUT2D eigenvalue weighted by atomic mass is 15.3. The molecule has 146 valence electrons. The second-order valence-electron chi connectivity index (χ2n) is 7.05. The van der Waals surface area contributed by atoms with E-state index in [1.807, 2.05) is 43.9 Å². The van der Waals surface area contributed by atoms with Gasteiger partial charge in [-0.1, -0.05) is 30.3 Å². The largest absolute Gasteiger partial charge is 0.352 e. The molecule has 0 atom stereocenters. The molecular formula is C22H28N6. The fourth-order valence-electron chi connectivity index (χ4n) is 3.19. The number of rotatable bonds is 5. The molecule has 1 N–H and O–H groups in total. The van der Waals surface area contributed by atoms with Gasteiger partial charge in [0.05, 0.1) is 5.69 Å². The average Bonchev–Trinajstić information content (AvgIpc) is 3.03. The van der Waals surface area contributed by atoms with Gasteiger partial charge in [-0.05, 0) is 49.6 Å². The molecular weight excluding hydrogens is 348 g/mol. The van der Waals surface area contributed by atoms with Crippen molar-refractivity contribution in [3.63, 3.8) is 0 Å². The van der Waals surface area contributed by atoms with Gasteiger partial charge in [-0.15, -0.1) is 0 Å². The molecule has 0 aliphatic heterocycles. The molecule has 0 aliphatic rings. The molecule has 0 bridgehead atoms. The molecule has 0 unspecified atom stereocenters.